The number of nitrogens with zero attached hydrogens (tertiary/aromatic N) is 1. The Morgan fingerprint density at radius 1 is 1.13 bits per heavy atom. The first kappa shape index (κ1) is 20.5. The van der Waals surface area contributed by atoms with Gasteiger partial charge in [-0.15, -0.1) is 0 Å². The molecule has 0 spiro atoms. The molecular weight excluding hydrogens is 400 g/mol. The molecule has 1 aromatic heterocycles. The number of aromatic nitrogens is 1. The number of benzene rings is 2. The van der Waals surface area contributed by atoms with Crippen molar-refractivity contribution in [3.05, 3.63) is 64.3 Å². The summed E-state index contributed by atoms with van der Waals surface area (Å²) in [6.45, 7) is 1.89. The summed E-state index contributed by atoms with van der Waals surface area (Å²) in [6, 6.07) is 12.7. The first-order chi connectivity index (χ1) is 14.5. The molecular formula is C24H25ClN2O3. The van der Waals surface area contributed by atoms with Crippen molar-refractivity contribution in [3.63, 3.8) is 0 Å². The maximum absolute atomic E-state index is 13.3. The molecule has 0 saturated heterocycles. The van der Waals surface area contributed by atoms with Gasteiger partial charge in [0, 0.05) is 27.7 Å². The van der Waals surface area contributed by atoms with E-state index >= 15 is 0 Å². The summed E-state index contributed by atoms with van der Waals surface area (Å²) in [5, 5.41) is 4.58. The number of carbonyl (C=O) groups is 2. The Hall–Kier alpha value is -2.79. The lowest BCUT2D eigenvalue weighted by Crippen LogP contribution is -2.33. The van der Waals surface area contributed by atoms with Crippen LogP contribution in [0.25, 0.3) is 10.9 Å². The van der Waals surface area contributed by atoms with Crippen LogP contribution in [-0.4, -0.2) is 29.5 Å². The Kier molecular flexibility index (Phi) is 5.82. The number of ether oxygens (including phenoxy) is 1. The summed E-state index contributed by atoms with van der Waals surface area (Å²) in [7, 11) is 1.61. The average molecular weight is 425 g/mol. The van der Waals surface area contributed by atoms with Gasteiger partial charge in [-0.3, -0.25) is 14.2 Å². The highest BCUT2D eigenvalue weighted by Gasteiger charge is 2.23. The molecule has 1 saturated carbocycles. The number of rotatable bonds is 5. The molecule has 6 heteroatoms. The van der Waals surface area contributed by atoms with Gasteiger partial charge in [0.2, 0.25) is 5.91 Å². The molecule has 156 valence electrons. The third kappa shape index (κ3) is 3.94. The summed E-state index contributed by atoms with van der Waals surface area (Å²) >= 11 is 5.98. The Morgan fingerprint density at radius 3 is 2.50 bits per heavy atom. The van der Waals surface area contributed by atoms with E-state index in [1.165, 1.54) is 0 Å². The van der Waals surface area contributed by atoms with Crippen LogP contribution in [-0.2, 0) is 11.2 Å². The SMILES string of the molecule is COc1ccc2c(c1)c(CC(=O)NC1CCCC1)c(C)n2C(=O)c1ccc(Cl)cc1. The molecule has 0 radical (unpaired) electrons. The number of halogens is 1. The molecule has 0 bridgehead atoms. The normalized spacial score (nSPS) is 14.2. The maximum atomic E-state index is 13.3. The Bertz CT molecular complexity index is 1100. The Balaban J connectivity index is 1.75. The highest BCUT2D eigenvalue weighted by Crippen LogP contribution is 2.31. The summed E-state index contributed by atoms with van der Waals surface area (Å²) in [5.74, 6) is 0.531. The van der Waals surface area contributed by atoms with Gasteiger partial charge in [0.25, 0.3) is 5.91 Å². The first-order valence-corrected chi connectivity index (χ1v) is 10.6. The average Bonchev–Trinajstić information content (AvgIpc) is 3.34. The van der Waals surface area contributed by atoms with Crippen LogP contribution in [0.4, 0.5) is 0 Å². The molecule has 1 amide bonds. The molecule has 0 aliphatic heterocycles. The van der Waals surface area contributed by atoms with Gasteiger partial charge in [0.1, 0.15) is 5.75 Å². The second-order valence-corrected chi connectivity index (χ2v) is 8.26. The second-order valence-electron chi connectivity index (χ2n) is 7.82. The van der Waals surface area contributed by atoms with Gasteiger partial charge in [-0.05, 0) is 67.8 Å². The topological polar surface area (TPSA) is 60.3 Å². The van der Waals surface area contributed by atoms with Crippen LogP contribution in [0.15, 0.2) is 42.5 Å². The number of fused-ring (bicyclic) bond motifs is 1. The van der Waals surface area contributed by atoms with Crippen LogP contribution >= 0.6 is 11.6 Å². The standard InChI is InChI=1S/C24H25ClN2O3/c1-15-20(14-23(28)26-18-5-3-4-6-18)21-13-19(30-2)11-12-22(21)27(15)24(29)16-7-9-17(25)10-8-16/h7-13,18H,3-6,14H2,1-2H3,(H,26,28). The van der Waals surface area contributed by atoms with Gasteiger partial charge in [0.05, 0.1) is 19.0 Å². The lowest BCUT2D eigenvalue weighted by Gasteiger charge is -2.12. The fourth-order valence-electron chi connectivity index (χ4n) is 4.31. The zero-order valence-electron chi connectivity index (χ0n) is 17.2. The lowest BCUT2D eigenvalue weighted by molar-refractivity contribution is -0.121. The Labute approximate surface area is 181 Å². The molecule has 1 aliphatic carbocycles. The second kappa shape index (κ2) is 8.52. The molecule has 3 aromatic rings. The summed E-state index contributed by atoms with van der Waals surface area (Å²) in [4.78, 5) is 26.1. The predicted octanol–water partition coefficient (Wildman–Crippen LogP) is 4.90. The van der Waals surface area contributed by atoms with Crippen molar-refractivity contribution in [2.45, 2.75) is 45.1 Å². The number of amides is 1. The number of hydrogen-bond donors (Lipinski definition) is 1. The van der Waals surface area contributed by atoms with Crippen molar-refractivity contribution in [2.24, 2.45) is 0 Å². The zero-order chi connectivity index (χ0) is 21.3. The van der Waals surface area contributed by atoms with E-state index in [4.69, 9.17) is 16.3 Å². The van der Waals surface area contributed by atoms with E-state index in [2.05, 4.69) is 5.32 Å². The molecule has 1 aliphatic rings. The zero-order valence-corrected chi connectivity index (χ0v) is 18.0. The minimum atomic E-state index is -0.151. The molecule has 30 heavy (non-hydrogen) atoms. The minimum Gasteiger partial charge on any atom is -0.497 e. The predicted molar refractivity (Wildman–Crippen MR) is 119 cm³/mol. The summed E-state index contributed by atoms with van der Waals surface area (Å²) in [5.41, 5.74) is 2.91. The van der Waals surface area contributed by atoms with E-state index in [-0.39, 0.29) is 24.3 Å². The van der Waals surface area contributed by atoms with Crippen LogP contribution < -0.4 is 10.1 Å². The van der Waals surface area contributed by atoms with Crippen LogP contribution in [0, 0.1) is 6.92 Å². The molecule has 1 fully saturated rings. The van der Waals surface area contributed by atoms with Crippen molar-refractivity contribution in [2.75, 3.05) is 7.11 Å². The number of hydrogen-bond acceptors (Lipinski definition) is 3. The fourth-order valence-corrected chi connectivity index (χ4v) is 4.43. The molecule has 0 atom stereocenters. The molecule has 0 unspecified atom stereocenters. The van der Waals surface area contributed by atoms with Crippen molar-refractivity contribution < 1.29 is 14.3 Å². The first-order valence-electron chi connectivity index (χ1n) is 10.3. The van der Waals surface area contributed by atoms with E-state index in [1.807, 2.05) is 25.1 Å². The van der Waals surface area contributed by atoms with E-state index in [0.29, 0.717) is 16.3 Å². The monoisotopic (exact) mass is 424 g/mol. The molecule has 1 heterocycles. The van der Waals surface area contributed by atoms with Gasteiger partial charge in [0.15, 0.2) is 0 Å². The quantitative estimate of drug-likeness (QED) is 0.633. The summed E-state index contributed by atoms with van der Waals surface area (Å²) in [6.07, 6.45) is 4.63. The molecule has 5 nitrogen and oxygen atoms in total. The van der Waals surface area contributed by atoms with Gasteiger partial charge in [-0.25, -0.2) is 0 Å². The fraction of sp³-hybridized carbons (Fsp3) is 0.333. The van der Waals surface area contributed by atoms with Crippen LogP contribution in [0.2, 0.25) is 5.02 Å². The van der Waals surface area contributed by atoms with Gasteiger partial charge >= 0.3 is 0 Å². The van der Waals surface area contributed by atoms with E-state index in [9.17, 15) is 9.59 Å². The van der Waals surface area contributed by atoms with Crippen molar-refractivity contribution in [3.8, 4) is 5.75 Å². The van der Waals surface area contributed by atoms with Crippen molar-refractivity contribution in [1.29, 1.82) is 0 Å². The maximum Gasteiger partial charge on any atom is 0.262 e. The smallest absolute Gasteiger partial charge is 0.262 e. The van der Waals surface area contributed by atoms with Gasteiger partial charge in [-0.2, -0.15) is 0 Å². The number of nitrogens with one attached hydrogen (secondary N) is 1. The van der Waals surface area contributed by atoms with Crippen LogP contribution in [0.1, 0.15) is 47.3 Å². The summed E-state index contributed by atoms with van der Waals surface area (Å²) < 4.78 is 7.06. The van der Waals surface area contributed by atoms with Crippen molar-refractivity contribution in [1.82, 2.24) is 9.88 Å². The Morgan fingerprint density at radius 2 is 1.83 bits per heavy atom. The molecule has 2 aromatic carbocycles. The minimum absolute atomic E-state index is 0.00851. The van der Waals surface area contributed by atoms with E-state index in [0.717, 1.165) is 47.8 Å². The third-order valence-corrected chi connectivity index (χ3v) is 6.15. The third-order valence-electron chi connectivity index (χ3n) is 5.89. The number of carbonyl (C=O) groups excluding carboxylic acids is 2. The van der Waals surface area contributed by atoms with E-state index < -0.39 is 0 Å². The van der Waals surface area contributed by atoms with Crippen LogP contribution in [0.5, 0.6) is 5.75 Å². The number of methoxy groups -OCH3 is 1. The highest BCUT2D eigenvalue weighted by atomic mass is 35.5. The van der Waals surface area contributed by atoms with E-state index in [1.54, 1.807) is 35.9 Å². The molecule has 4 rings (SSSR count). The van der Waals surface area contributed by atoms with Gasteiger partial charge < -0.3 is 10.1 Å². The van der Waals surface area contributed by atoms with Crippen molar-refractivity contribution >= 4 is 34.3 Å². The van der Waals surface area contributed by atoms with Crippen LogP contribution in [0.3, 0.4) is 0 Å². The molecule has 1 N–H and O–H groups in total. The largest absolute Gasteiger partial charge is 0.497 e. The van der Waals surface area contributed by atoms with Gasteiger partial charge in [-0.1, -0.05) is 24.4 Å². The lowest BCUT2D eigenvalue weighted by atomic mass is 10.1. The highest BCUT2D eigenvalue weighted by molar-refractivity contribution is 6.30.